The summed E-state index contributed by atoms with van der Waals surface area (Å²) < 4.78 is 11.0. The number of carbonyl (C=O) groups excluding carboxylic acids is 1. The van der Waals surface area contributed by atoms with Crippen molar-refractivity contribution in [2.45, 2.75) is 32.1 Å². The molecule has 0 saturated carbocycles. The number of ether oxygens (including phenoxy) is 1. The summed E-state index contributed by atoms with van der Waals surface area (Å²) in [4.78, 5) is 23.5. The minimum Gasteiger partial charge on any atom is -0.481 e. The number of aryl methyl sites for hydroxylation is 1. The van der Waals surface area contributed by atoms with E-state index in [0.717, 1.165) is 38.8 Å². The molecule has 42 heavy (non-hydrogen) atoms. The van der Waals surface area contributed by atoms with Gasteiger partial charge in [-0.3, -0.25) is 10.1 Å². The third kappa shape index (κ3) is 6.95. The molecule has 0 bridgehead atoms. The molecule has 4 aromatic carbocycles. The van der Waals surface area contributed by atoms with Crippen LogP contribution in [0.2, 0.25) is 5.02 Å². The topological polar surface area (TPSA) is 102 Å². The number of halogens is 1. The lowest BCUT2D eigenvalue weighted by atomic mass is 9.98. The van der Waals surface area contributed by atoms with E-state index < -0.39 is 18.2 Å². The van der Waals surface area contributed by atoms with Crippen molar-refractivity contribution in [2.24, 2.45) is 0 Å². The Labute approximate surface area is 252 Å². The molecule has 0 radical (unpaired) electrons. The summed E-state index contributed by atoms with van der Waals surface area (Å²) in [6.07, 6.45) is -1.01. The molecular formula is C33H29ClN2O5S. The van der Waals surface area contributed by atoms with Crippen LogP contribution in [-0.2, 0) is 15.3 Å². The number of carboxylic acids is 1. The lowest BCUT2D eigenvalue weighted by Gasteiger charge is -2.15. The quantitative estimate of drug-likeness (QED) is 0.154. The fourth-order valence-corrected chi connectivity index (χ4v) is 5.77. The van der Waals surface area contributed by atoms with Crippen LogP contribution in [0.3, 0.4) is 0 Å². The summed E-state index contributed by atoms with van der Waals surface area (Å²) in [5, 5.41) is 18.4. The van der Waals surface area contributed by atoms with E-state index in [2.05, 4.69) is 52.9 Å². The predicted octanol–water partition coefficient (Wildman–Crippen LogP) is 9.14. The van der Waals surface area contributed by atoms with Crippen molar-refractivity contribution in [1.82, 2.24) is 5.16 Å². The first-order chi connectivity index (χ1) is 20.3. The monoisotopic (exact) mass is 600 g/mol. The highest BCUT2D eigenvalue weighted by atomic mass is 35.5. The number of hydrogen-bond acceptors (Lipinski definition) is 6. The van der Waals surface area contributed by atoms with Crippen molar-refractivity contribution in [3.8, 4) is 22.4 Å². The predicted molar refractivity (Wildman–Crippen MR) is 168 cm³/mol. The van der Waals surface area contributed by atoms with Crippen LogP contribution in [0.25, 0.3) is 33.2 Å². The smallest absolute Gasteiger partial charge is 0.412 e. The normalized spacial score (nSPS) is 11.8. The van der Waals surface area contributed by atoms with E-state index >= 15 is 0 Å². The molecule has 1 aromatic heterocycles. The number of hydrogen-bond donors (Lipinski definition) is 2. The molecule has 5 aromatic rings. The second-order valence-corrected chi connectivity index (χ2v) is 11.3. The van der Waals surface area contributed by atoms with Gasteiger partial charge in [0.25, 0.3) is 0 Å². The molecule has 9 heteroatoms. The third-order valence-electron chi connectivity index (χ3n) is 6.85. The summed E-state index contributed by atoms with van der Waals surface area (Å²) in [6, 6.07) is 27.8. The van der Waals surface area contributed by atoms with Crippen LogP contribution in [0.15, 0.2) is 89.5 Å². The molecule has 1 atom stereocenters. The van der Waals surface area contributed by atoms with E-state index in [1.165, 1.54) is 0 Å². The average molecular weight is 601 g/mol. The van der Waals surface area contributed by atoms with Crippen molar-refractivity contribution in [3.05, 3.63) is 107 Å². The Morgan fingerprint density at radius 2 is 1.64 bits per heavy atom. The summed E-state index contributed by atoms with van der Waals surface area (Å²) in [6.45, 7) is 3.50. The van der Waals surface area contributed by atoms with Gasteiger partial charge in [0.2, 0.25) is 0 Å². The van der Waals surface area contributed by atoms with Gasteiger partial charge in [0.1, 0.15) is 17.5 Å². The van der Waals surface area contributed by atoms with Gasteiger partial charge in [0.05, 0.1) is 6.42 Å². The van der Waals surface area contributed by atoms with E-state index in [0.29, 0.717) is 33.5 Å². The van der Waals surface area contributed by atoms with E-state index in [1.807, 2.05) is 36.4 Å². The summed E-state index contributed by atoms with van der Waals surface area (Å²) in [7, 11) is 0. The molecule has 0 aliphatic heterocycles. The Morgan fingerprint density at radius 1 is 0.976 bits per heavy atom. The summed E-state index contributed by atoms with van der Waals surface area (Å²) in [5.41, 5.74) is 5.83. The van der Waals surface area contributed by atoms with Crippen molar-refractivity contribution in [1.29, 1.82) is 0 Å². The maximum absolute atomic E-state index is 12.8. The number of fused-ring (bicyclic) bond motifs is 1. The molecule has 1 heterocycles. The number of benzene rings is 4. The minimum absolute atomic E-state index is 0.173. The number of anilines is 1. The summed E-state index contributed by atoms with van der Waals surface area (Å²) in [5.74, 6) is 1.08. The molecular weight excluding hydrogens is 572 g/mol. The van der Waals surface area contributed by atoms with Gasteiger partial charge in [-0.15, -0.1) is 0 Å². The Hall–Kier alpha value is -4.27. The molecule has 0 aliphatic rings. The van der Waals surface area contributed by atoms with Crippen LogP contribution < -0.4 is 5.32 Å². The van der Waals surface area contributed by atoms with Crippen molar-refractivity contribution < 1.29 is 24.0 Å². The first-order valence-corrected chi connectivity index (χ1v) is 14.9. The number of carbonyl (C=O) groups is 2. The van der Waals surface area contributed by atoms with E-state index in [4.69, 9.17) is 26.0 Å². The molecule has 2 N–H and O–H groups in total. The van der Waals surface area contributed by atoms with Gasteiger partial charge in [-0.1, -0.05) is 83.5 Å². The van der Waals surface area contributed by atoms with Crippen LogP contribution in [0.4, 0.5) is 10.5 Å². The first kappa shape index (κ1) is 29.2. The van der Waals surface area contributed by atoms with Gasteiger partial charge in [0, 0.05) is 27.7 Å². The Balaban J connectivity index is 1.29. The molecule has 7 nitrogen and oxygen atoms in total. The van der Waals surface area contributed by atoms with Gasteiger partial charge in [-0.2, -0.15) is 11.8 Å². The number of nitrogens with zero attached hydrogens (tertiary/aromatic N) is 1. The van der Waals surface area contributed by atoms with Crippen LogP contribution in [0.1, 0.15) is 36.3 Å². The number of amides is 1. The van der Waals surface area contributed by atoms with Gasteiger partial charge in [0.15, 0.2) is 5.76 Å². The standard InChI is InChI=1S/C33H29ClN2O5S/c1-20(28-5-3-4-6-29(28)34)40-33(39)35-31-21(2)41-36-32(31)27-14-13-25-17-24(11-12-26(25)18-27)23-9-7-22(8-10-23)19-42-16-15-30(37)38/h3-14,17-18,20H,15-16,19H2,1-2H3,(H,35,39)(H,37,38). The maximum atomic E-state index is 12.8. The van der Waals surface area contributed by atoms with Crippen LogP contribution >= 0.6 is 23.4 Å². The average Bonchev–Trinajstić information content (AvgIpc) is 3.34. The molecule has 0 spiro atoms. The van der Waals surface area contributed by atoms with E-state index in [9.17, 15) is 9.59 Å². The molecule has 214 valence electrons. The first-order valence-electron chi connectivity index (χ1n) is 13.4. The number of rotatable bonds is 10. The highest BCUT2D eigenvalue weighted by Gasteiger charge is 2.21. The second kappa shape index (κ2) is 13.1. The van der Waals surface area contributed by atoms with Crippen molar-refractivity contribution >= 4 is 51.9 Å². The highest BCUT2D eigenvalue weighted by Crippen LogP contribution is 2.34. The van der Waals surface area contributed by atoms with Gasteiger partial charge >= 0.3 is 12.1 Å². The fourth-order valence-electron chi connectivity index (χ4n) is 4.59. The van der Waals surface area contributed by atoms with Crippen molar-refractivity contribution in [2.75, 3.05) is 11.1 Å². The van der Waals surface area contributed by atoms with Gasteiger partial charge in [-0.05, 0) is 59.5 Å². The SMILES string of the molecule is Cc1onc(-c2ccc3cc(-c4ccc(CSCCC(=O)O)cc4)ccc3c2)c1NC(=O)OC(C)c1ccccc1Cl. The summed E-state index contributed by atoms with van der Waals surface area (Å²) >= 11 is 7.87. The molecule has 5 rings (SSSR count). The number of nitrogens with one attached hydrogen (secondary N) is 1. The Kier molecular flexibility index (Phi) is 9.15. The zero-order chi connectivity index (χ0) is 29.6. The minimum atomic E-state index is -0.769. The highest BCUT2D eigenvalue weighted by molar-refractivity contribution is 7.98. The third-order valence-corrected chi connectivity index (χ3v) is 8.22. The maximum Gasteiger partial charge on any atom is 0.412 e. The van der Waals surface area contributed by atoms with Gasteiger partial charge < -0.3 is 14.4 Å². The van der Waals surface area contributed by atoms with Crippen LogP contribution in [0, 0.1) is 6.92 Å². The Bertz CT molecular complexity index is 1730. The van der Waals surface area contributed by atoms with E-state index in [1.54, 1.807) is 31.7 Å². The molecule has 0 saturated heterocycles. The van der Waals surface area contributed by atoms with E-state index in [-0.39, 0.29) is 6.42 Å². The zero-order valence-corrected chi connectivity index (χ0v) is 24.7. The number of thioether (sulfide) groups is 1. The second-order valence-electron chi connectivity index (χ2n) is 9.83. The lowest BCUT2D eigenvalue weighted by Crippen LogP contribution is -2.17. The zero-order valence-electron chi connectivity index (χ0n) is 23.1. The molecule has 1 unspecified atom stereocenters. The largest absolute Gasteiger partial charge is 0.481 e. The van der Waals surface area contributed by atoms with Crippen LogP contribution in [-0.4, -0.2) is 28.1 Å². The molecule has 0 aliphatic carbocycles. The Morgan fingerprint density at radius 3 is 2.36 bits per heavy atom. The number of aromatic nitrogens is 1. The van der Waals surface area contributed by atoms with Crippen molar-refractivity contribution in [3.63, 3.8) is 0 Å². The van der Waals surface area contributed by atoms with Crippen LogP contribution in [0.5, 0.6) is 0 Å². The fraction of sp³-hybridized carbons (Fsp3) is 0.182. The number of aliphatic carboxylic acids is 1. The lowest BCUT2D eigenvalue weighted by molar-refractivity contribution is -0.136. The van der Waals surface area contributed by atoms with Gasteiger partial charge in [-0.25, -0.2) is 4.79 Å². The number of carboxylic acid groups (broad SMARTS) is 1. The molecule has 0 fully saturated rings. The molecule has 1 amide bonds.